The number of carboxylic acid groups (broad SMARTS) is 1. The first-order valence-electron chi connectivity index (χ1n) is 9.02. The van der Waals surface area contributed by atoms with E-state index in [0.29, 0.717) is 6.42 Å². The summed E-state index contributed by atoms with van der Waals surface area (Å²) in [4.78, 5) is 47.8. The molecule has 0 bridgehead atoms. The number of carbonyl (C=O) groups is 4. The molecule has 0 spiro atoms. The lowest BCUT2D eigenvalue weighted by molar-refractivity contribution is -0.188. The fraction of sp³-hybridized carbons (Fsp3) is 0.500. The number of esters is 3. The standard InChI is InChI=1S/C20H26O8/c1-4-16(21)28-20(19(24)25,13-18(23)27-14(2)3)12-17(22)26-11-10-15-8-6-5-7-9-15/h5-9,14H,4,10-13H2,1-3H3,(H,24,25). The van der Waals surface area contributed by atoms with Crippen molar-refractivity contribution >= 4 is 23.9 Å². The van der Waals surface area contributed by atoms with Crippen molar-refractivity contribution in [3.05, 3.63) is 35.9 Å². The van der Waals surface area contributed by atoms with Crippen LogP contribution in [0.5, 0.6) is 0 Å². The minimum atomic E-state index is -2.37. The van der Waals surface area contributed by atoms with Crippen molar-refractivity contribution in [1.29, 1.82) is 0 Å². The fourth-order valence-electron chi connectivity index (χ4n) is 2.37. The Morgan fingerprint density at radius 2 is 1.61 bits per heavy atom. The molecule has 154 valence electrons. The molecular formula is C20H26O8. The second-order valence-corrected chi connectivity index (χ2v) is 6.48. The van der Waals surface area contributed by atoms with Crippen LogP contribution < -0.4 is 0 Å². The average molecular weight is 394 g/mol. The maximum atomic E-state index is 12.2. The van der Waals surface area contributed by atoms with Crippen molar-refractivity contribution in [2.45, 2.75) is 58.2 Å². The molecule has 0 aliphatic heterocycles. The predicted octanol–water partition coefficient (Wildman–Crippen LogP) is 2.28. The lowest BCUT2D eigenvalue weighted by Gasteiger charge is -2.27. The lowest BCUT2D eigenvalue weighted by Crippen LogP contribution is -2.47. The van der Waals surface area contributed by atoms with E-state index in [1.807, 2.05) is 30.3 Å². The third-order valence-electron chi connectivity index (χ3n) is 3.71. The molecular weight excluding hydrogens is 368 g/mol. The lowest BCUT2D eigenvalue weighted by atomic mass is 9.95. The van der Waals surface area contributed by atoms with Gasteiger partial charge in [0.1, 0.15) is 0 Å². The maximum absolute atomic E-state index is 12.2. The Bertz CT molecular complexity index is 683. The van der Waals surface area contributed by atoms with E-state index < -0.39 is 48.4 Å². The van der Waals surface area contributed by atoms with Crippen LogP contribution in [-0.4, -0.2) is 47.3 Å². The Balaban J connectivity index is 2.83. The molecule has 8 heteroatoms. The summed E-state index contributed by atoms with van der Waals surface area (Å²) in [6.45, 7) is 4.68. The van der Waals surface area contributed by atoms with Crippen molar-refractivity contribution in [2.24, 2.45) is 0 Å². The Labute approximate surface area is 163 Å². The number of hydrogen-bond donors (Lipinski definition) is 1. The Morgan fingerprint density at radius 1 is 1.00 bits per heavy atom. The van der Waals surface area contributed by atoms with Crippen molar-refractivity contribution in [2.75, 3.05) is 6.61 Å². The number of ether oxygens (including phenoxy) is 3. The summed E-state index contributed by atoms with van der Waals surface area (Å²) in [5, 5.41) is 9.61. The summed E-state index contributed by atoms with van der Waals surface area (Å²) in [6.07, 6.45) is -1.75. The van der Waals surface area contributed by atoms with Gasteiger partial charge in [0.25, 0.3) is 0 Å². The summed E-state index contributed by atoms with van der Waals surface area (Å²) in [7, 11) is 0. The second-order valence-electron chi connectivity index (χ2n) is 6.48. The Morgan fingerprint density at radius 3 is 2.14 bits per heavy atom. The fourth-order valence-corrected chi connectivity index (χ4v) is 2.37. The van der Waals surface area contributed by atoms with Crippen LogP contribution in [0.2, 0.25) is 0 Å². The molecule has 0 aliphatic rings. The van der Waals surface area contributed by atoms with Crippen LogP contribution in [0.3, 0.4) is 0 Å². The highest BCUT2D eigenvalue weighted by molar-refractivity contribution is 5.91. The zero-order chi connectivity index (χ0) is 21.2. The molecule has 0 amide bonds. The molecule has 0 aliphatic carbocycles. The van der Waals surface area contributed by atoms with Gasteiger partial charge in [-0.1, -0.05) is 37.3 Å². The third kappa shape index (κ3) is 7.77. The number of benzene rings is 1. The molecule has 1 rings (SSSR count). The van der Waals surface area contributed by atoms with Gasteiger partial charge in [-0.25, -0.2) is 4.79 Å². The van der Waals surface area contributed by atoms with Crippen molar-refractivity contribution in [1.82, 2.24) is 0 Å². The minimum absolute atomic E-state index is 0.0245. The summed E-state index contributed by atoms with van der Waals surface area (Å²) in [5.41, 5.74) is -1.43. The third-order valence-corrected chi connectivity index (χ3v) is 3.71. The van der Waals surface area contributed by atoms with Crippen LogP contribution >= 0.6 is 0 Å². The number of hydrogen-bond acceptors (Lipinski definition) is 7. The summed E-state index contributed by atoms with van der Waals surface area (Å²) in [6, 6.07) is 9.27. The van der Waals surface area contributed by atoms with E-state index in [9.17, 15) is 24.3 Å². The van der Waals surface area contributed by atoms with Gasteiger partial charge in [0.15, 0.2) is 0 Å². The number of carbonyl (C=O) groups excluding carboxylic acids is 3. The van der Waals surface area contributed by atoms with E-state index in [4.69, 9.17) is 14.2 Å². The van der Waals surface area contributed by atoms with Crippen LogP contribution in [-0.2, 0) is 39.8 Å². The van der Waals surface area contributed by atoms with Crippen LogP contribution in [0.15, 0.2) is 30.3 Å². The van der Waals surface area contributed by atoms with E-state index in [2.05, 4.69) is 0 Å². The molecule has 0 aromatic heterocycles. The van der Waals surface area contributed by atoms with E-state index >= 15 is 0 Å². The van der Waals surface area contributed by atoms with Crippen molar-refractivity contribution in [3.8, 4) is 0 Å². The Kier molecular flexibility index (Phi) is 9.14. The largest absolute Gasteiger partial charge is 0.478 e. The average Bonchev–Trinajstić information content (AvgIpc) is 2.61. The first-order chi connectivity index (χ1) is 13.2. The molecule has 1 atom stereocenters. The highest BCUT2D eigenvalue weighted by Crippen LogP contribution is 2.25. The maximum Gasteiger partial charge on any atom is 0.349 e. The monoisotopic (exact) mass is 394 g/mol. The minimum Gasteiger partial charge on any atom is -0.478 e. The molecule has 0 fully saturated rings. The first kappa shape index (κ1) is 23.1. The van der Waals surface area contributed by atoms with Crippen LogP contribution in [0.25, 0.3) is 0 Å². The first-order valence-corrected chi connectivity index (χ1v) is 9.02. The molecule has 1 unspecified atom stereocenters. The van der Waals surface area contributed by atoms with Gasteiger partial charge in [0.2, 0.25) is 5.60 Å². The molecule has 1 N–H and O–H groups in total. The number of carboxylic acids is 1. The zero-order valence-electron chi connectivity index (χ0n) is 16.3. The zero-order valence-corrected chi connectivity index (χ0v) is 16.3. The molecule has 0 saturated carbocycles. The topological polar surface area (TPSA) is 116 Å². The SMILES string of the molecule is CCC(=O)OC(CC(=O)OCCc1ccccc1)(CC(=O)OC(C)C)C(=O)O. The highest BCUT2D eigenvalue weighted by Gasteiger charge is 2.47. The highest BCUT2D eigenvalue weighted by atomic mass is 16.6. The summed E-state index contributed by atoms with van der Waals surface area (Å²) < 4.78 is 15.0. The van der Waals surface area contributed by atoms with Gasteiger partial charge < -0.3 is 19.3 Å². The quantitative estimate of drug-likeness (QED) is 0.449. The van der Waals surface area contributed by atoms with Crippen LogP contribution in [0.4, 0.5) is 0 Å². The van der Waals surface area contributed by atoms with Gasteiger partial charge in [-0.2, -0.15) is 0 Å². The van der Waals surface area contributed by atoms with Gasteiger partial charge in [0, 0.05) is 12.8 Å². The molecule has 1 aromatic carbocycles. The van der Waals surface area contributed by atoms with E-state index in [0.717, 1.165) is 5.56 Å². The van der Waals surface area contributed by atoms with E-state index in [1.165, 1.54) is 6.92 Å². The van der Waals surface area contributed by atoms with Crippen molar-refractivity contribution in [3.63, 3.8) is 0 Å². The molecule has 0 heterocycles. The van der Waals surface area contributed by atoms with Gasteiger partial charge in [-0.3, -0.25) is 14.4 Å². The van der Waals surface area contributed by atoms with E-state index in [1.54, 1.807) is 13.8 Å². The molecule has 8 nitrogen and oxygen atoms in total. The number of rotatable bonds is 11. The normalized spacial score (nSPS) is 12.7. The smallest absolute Gasteiger partial charge is 0.349 e. The van der Waals surface area contributed by atoms with Gasteiger partial charge >= 0.3 is 23.9 Å². The predicted molar refractivity (Wildman–Crippen MR) is 98.3 cm³/mol. The molecule has 0 saturated heterocycles. The van der Waals surface area contributed by atoms with Crippen LogP contribution in [0.1, 0.15) is 45.6 Å². The van der Waals surface area contributed by atoms with Gasteiger partial charge in [-0.15, -0.1) is 0 Å². The molecule has 0 radical (unpaired) electrons. The Hall–Kier alpha value is -2.90. The second kappa shape index (κ2) is 11.1. The van der Waals surface area contributed by atoms with Crippen LogP contribution in [0, 0.1) is 0 Å². The number of aliphatic carboxylic acids is 1. The summed E-state index contributed by atoms with van der Waals surface area (Å²) >= 11 is 0. The van der Waals surface area contributed by atoms with E-state index in [-0.39, 0.29) is 13.0 Å². The van der Waals surface area contributed by atoms with Crippen molar-refractivity contribution < 1.29 is 38.5 Å². The molecule has 28 heavy (non-hydrogen) atoms. The summed E-state index contributed by atoms with van der Waals surface area (Å²) in [5.74, 6) is -4.25. The van der Waals surface area contributed by atoms with Gasteiger partial charge in [0.05, 0.1) is 25.6 Å². The van der Waals surface area contributed by atoms with Gasteiger partial charge in [-0.05, 0) is 19.4 Å². The molecule has 1 aromatic rings.